The number of para-hydroxylation sites is 1. The minimum absolute atomic E-state index is 0.0157. The molecular weight excluding hydrogens is 331 g/mol. The molecule has 1 aliphatic heterocycles. The largest absolute Gasteiger partial charge is 0.375 e. The number of allylic oxidation sites excluding steroid dienone is 2. The van der Waals surface area contributed by atoms with Crippen LogP contribution in [-0.2, 0) is 0 Å². The Kier molecular flexibility index (Phi) is 3.53. The lowest BCUT2D eigenvalue weighted by Crippen LogP contribution is -2.30. The molecule has 1 aliphatic carbocycles. The molecule has 6 heteroatoms. The first kappa shape index (κ1) is 15.1. The van der Waals surface area contributed by atoms with E-state index < -0.39 is 4.92 Å². The molecule has 0 amide bonds. The molecule has 0 bridgehead atoms. The highest BCUT2D eigenvalue weighted by Gasteiger charge is 2.39. The van der Waals surface area contributed by atoms with E-state index in [2.05, 4.69) is 17.5 Å². The van der Waals surface area contributed by atoms with E-state index in [0.717, 1.165) is 12.0 Å². The van der Waals surface area contributed by atoms with Gasteiger partial charge in [0.25, 0.3) is 5.69 Å². The Balaban J connectivity index is 1.84. The van der Waals surface area contributed by atoms with E-state index in [9.17, 15) is 14.5 Å². The van der Waals surface area contributed by atoms with Crippen LogP contribution in [0.25, 0.3) is 0 Å². The lowest BCUT2D eigenvalue weighted by molar-refractivity contribution is -0.384. The second-order valence-corrected chi connectivity index (χ2v) is 6.55. The van der Waals surface area contributed by atoms with Gasteiger partial charge in [0.05, 0.1) is 16.7 Å². The van der Waals surface area contributed by atoms with Gasteiger partial charge in [0.1, 0.15) is 5.82 Å². The first-order valence-electron chi connectivity index (χ1n) is 7.71. The molecule has 122 valence electrons. The van der Waals surface area contributed by atoms with Crippen molar-refractivity contribution in [3.8, 4) is 0 Å². The highest BCUT2D eigenvalue weighted by atomic mass is 35.5. The maximum atomic E-state index is 14.3. The molecule has 1 heterocycles. The van der Waals surface area contributed by atoms with Gasteiger partial charge in [-0.2, -0.15) is 0 Å². The van der Waals surface area contributed by atoms with Crippen LogP contribution in [0.2, 0.25) is 5.02 Å². The van der Waals surface area contributed by atoms with Crippen LogP contribution in [0.4, 0.5) is 15.8 Å². The fourth-order valence-corrected chi connectivity index (χ4v) is 4.01. The average Bonchev–Trinajstić information content (AvgIpc) is 3.05. The minimum Gasteiger partial charge on any atom is -0.375 e. The van der Waals surface area contributed by atoms with Crippen LogP contribution in [0.15, 0.2) is 48.6 Å². The number of fused-ring (bicyclic) bond motifs is 3. The number of anilines is 1. The number of hydrogen-bond donors (Lipinski definition) is 1. The molecule has 0 fully saturated rings. The number of hydrogen-bond acceptors (Lipinski definition) is 3. The van der Waals surface area contributed by atoms with Gasteiger partial charge in [0, 0.05) is 28.6 Å². The number of nitrogens with zero attached hydrogens (tertiary/aromatic N) is 1. The quantitative estimate of drug-likeness (QED) is 0.462. The monoisotopic (exact) mass is 344 g/mol. The van der Waals surface area contributed by atoms with E-state index >= 15 is 0 Å². The van der Waals surface area contributed by atoms with Gasteiger partial charge in [-0.15, -0.1) is 0 Å². The maximum Gasteiger partial charge on any atom is 0.269 e. The third kappa shape index (κ3) is 2.27. The number of nitro benzene ring substituents is 1. The summed E-state index contributed by atoms with van der Waals surface area (Å²) in [6.07, 6.45) is 4.98. The first-order chi connectivity index (χ1) is 11.6. The van der Waals surface area contributed by atoms with E-state index in [1.165, 1.54) is 24.3 Å². The van der Waals surface area contributed by atoms with Crippen molar-refractivity contribution in [1.29, 1.82) is 0 Å². The normalized spacial score (nSPS) is 24.2. The fourth-order valence-electron chi connectivity index (χ4n) is 3.77. The number of benzene rings is 2. The predicted octanol–water partition coefficient (Wildman–Crippen LogP) is 5.21. The van der Waals surface area contributed by atoms with Gasteiger partial charge in [0.2, 0.25) is 0 Å². The SMILES string of the molecule is O=[N+]([O-])c1ccc(Cl)c([C@@H]2Nc3c(F)cccc3[C@H]3C=CC[C@H]32)c1. The summed E-state index contributed by atoms with van der Waals surface area (Å²) in [4.78, 5) is 10.7. The summed E-state index contributed by atoms with van der Waals surface area (Å²) in [6, 6.07) is 9.17. The van der Waals surface area contributed by atoms with Crippen molar-refractivity contribution in [2.45, 2.75) is 18.4 Å². The molecular formula is C18H14ClFN2O2. The number of non-ortho nitro benzene ring substituents is 1. The molecule has 4 nitrogen and oxygen atoms in total. The lowest BCUT2D eigenvalue weighted by atomic mass is 9.77. The Morgan fingerprint density at radius 1 is 1.25 bits per heavy atom. The number of nitrogens with one attached hydrogen (secondary N) is 1. The molecule has 2 aromatic carbocycles. The second kappa shape index (κ2) is 5.60. The van der Waals surface area contributed by atoms with Crippen LogP contribution in [0.1, 0.15) is 29.5 Å². The molecule has 0 saturated heterocycles. The van der Waals surface area contributed by atoms with Crippen molar-refractivity contribution < 1.29 is 9.31 Å². The van der Waals surface area contributed by atoms with E-state index in [-0.39, 0.29) is 29.4 Å². The van der Waals surface area contributed by atoms with E-state index in [0.29, 0.717) is 16.3 Å². The molecule has 0 radical (unpaired) electrons. The van der Waals surface area contributed by atoms with Crippen LogP contribution in [0.3, 0.4) is 0 Å². The molecule has 24 heavy (non-hydrogen) atoms. The van der Waals surface area contributed by atoms with Crippen molar-refractivity contribution in [2.75, 3.05) is 5.32 Å². The summed E-state index contributed by atoms with van der Waals surface area (Å²) in [5.74, 6) is -0.0890. The zero-order chi connectivity index (χ0) is 16.8. The van der Waals surface area contributed by atoms with Gasteiger partial charge in [-0.3, -0.25) is 10.1 Å². The van der Waals surface area contributed by atoms with E-state index in [4.69, 9.17) is 11.6 Å². The van der Waals surface area contributed by atoms with E-state index in [1.54, 1.807) is 6.07 Å². The van der Waals surface area contributed by atoms with Crippen LogP contribution in [0, 0.1) is 21.8 Å². The molecule has 3 atom stereocenters. The van der Waals surface area contributed by atoms with Crippen LogP contribution in [0.5, 0.6) is 0 Å². The molecule has 0 saturated carbocycles. The van der Waals surface area contributed by atoms with Crippen LogP contribution >= 0.6 is 11.6 Å². The summed E-state index contributed by atoms with van der Waals surface area (Å²) in [5, 5.41) is 14.8. The van der Waals surface area contributed by atoms with Crippen molar-refractivity contribution >= 4 is 23.0 Å². The summed E-state index contributed by atoms with van der Waals surface area (Å²) in [7, 11) is 0. The Hall–Kier alpha value is -2.40. The minimum atomic E-state index is -0.443. The number of rotatable bonds is 2. The smallest absolute Gasteiger partial charge is 0.269 e. The van der Waals surface area contributed by atoms with Gasteiger partial charge in [-0.05, 0) is 30.0 Å². The summed E-state index contributed by atoms with van der Waals surface area (Å²) in [6.45, 7) is 0. The highest BCUT2D eigenvalue weighted by Crippen LogP contribution is 2.51. The third-order valence-corrected chi connectivity index (χ3v) is 5.22. The molecule has 1 N–H and O–H groups in total. The van der Waals surface area contributed by atoms with Gasteiger partial charge in [-0.25, -0.2) is 4.39 Å². The topological polar surface area (TPSA) is 55.2 Å². The van der Waals surface area contributed by atoms with Crippen LogP contribution in [-0.4, -0.2) is 4.92 Å². The second-order valence-electron chi connectivity index (χ2n) is 6.14. The van der Waals surface area contributed by atoms with Crippen molar-refractivity contribution in [3.63, 3.8) is 0 Å². The summed E-state index contributed by atoms with van der Waals surface area (Å²) in [5.41, 5.74) is 2.00. The zero-order valence-corrected chi connectivity index (χ0v) is 13.3. The van der Waals surface area contributed by atoms with Gasteiger partial charge >= 0.3 is 0 Å². The maximum absolute atomic E-state index is 14.3. The lowest BCUT2D eigenvalue weighted by Gasteiger charge is -2.37. The van der Waals surface area contributed by atoms with E-state index in [1.807, 2.05) is 6.07 Å². The number of halogens is 2. The molecule has 0 aromatic heterocycles. The van der Waals surface area contributed by atoms with Gasteiger partial charge < -0.3 is 5.32 Å². The summed E-state index contributed by atoms with van der Waals surface area (Å²) >= 11 is 6.31. The molecule has 2 aliphatic rings. The Bertz CT molecular complexity index is 868. The van der Waals surface area contributed by atoms with Gasteiger partial charge in [0.15, 0.2) is 0 Å². The molecule has 0 unspecified atom stereocenters. The molecule has 0 spiro atoms. The first-order valence-corrected chi connectivity index (χ1v) is 8.09. The third-order valence-electron chi connectivity index (χ3n) is 4.87. The Labute approximate surface area is 143 Å². The van der Waals surface area contributed by atoms with Crippen molar-refractivity contribution in [3.05, 3.63) is 80.6 Å². The highest BCUT2D eigenvalue weighted by molar-refractivity contribution is 6.31. The predicted molar refractivity (Wildman–Crippen MR) is 90.9 cm³/mol. The number of nitro groups is 1. The van der Waals surface area contributed by atoms with Gasteiger partial charge in [-0.1, -0.05) is 35.9 Å². The van der Waals surface area contributed by atoms with Crippen molar-refractivity contribution in [2.24, 2.45) is 5.92 Å². The average molecular weight is 345 g/mol. The zero-order valence-electron chi connectivity index (χ0n) is 12.6. The molecule has 2 aromatic rings. The molecule has 4 rings (SSSR count). The summed E-state index contributed by atoms with van der Waals surface area (Å²) < 4.78 is 14.3. The Morgan fingerprint density at radius 2 is 2.08 bits per heavy atom. The van der Waals surface area contributed by atoms with Crippen LogP contribution < -0.4 is 5.32 Å². The Morgan fingerprint density at radius 3 is 2.88 bits per heavy atom. The standard InChI is InChI=1S/C18H14ClFN2O2/c19-15-8-7-10(22(23)24)9-14(15)17-12-4-1-3-11(12)13-5-2-6-16(20)18(13)21-17/h1-3,5-9,11-12,17,21H,4H2/t11-,12+,17+/m0/s1. The van der Waals surface area contributed by atoms with Crippen molar-refractivity contribution in [1.82, 2.24) is 0 Å². The fraction of sp³-hybridized carbons (Fsp3) is 0.222.